The molecule has 1 aromatic rings. The summed E-state index contributed by atoms with van der Waals surface area (Å²) in [5.74, 6) is 0.0711. The standard InChI is InChI=1S/C14H20ClNOS/c1-5-14(3,4)16-13(17)10(2)18-12-8-6-11(15)7-9-12/h6-10H,5H2,1-4H3,(H,16,17). The third-order valence-corrected chi connectivity index (χ3v) is 4.21. The monoisotopic (exact) mass is 285 g/mol. The van der Waals surface area contributed by atoms with E-state index < -0.39 is 0 Å². The average Bonchev–Trinajstić information content (AvgIpc) is 2.31. The number of nitrogens with one attached hydrogen (secondary N) is 1. The molecule has 0 bridgehead atoms. The van der Waals surface area contributed by atoms with E-state index in [2.05, 4.69) is 12.2 Å². The Labute approximate surface area is 118 Å². The number of thioether (sulfide) groups is 1. The molecule has 0 saturated carbocycles. The van der Waals surface area contributed by atoms with E-state index in [1.54, 1.807) is 11.8 Å². The molecule has 0 spiro atoms. The fourth-order valence-electron chi connectivity index (χ4n) is 1.29. The molecule has 0 heterocycles. The van der Waals surface area contributed by atoms with E-state index in [1.165, 1.54) is 0 Å². The molecule has 0 saturated heterocycles. The lowest BCUT2D eigenvalue weighted by atomic mass is 10.0. The number of hydrogen-bond donors (Lipinski definition) is 1. The van der Waals surface area contributed by atoms with E-state index >= 15 is 0 Å². The van der Waals surface area contributed by atoms with Crippen LogP contribution in [0.3, 0.4) is 0 Å². The van der Waals surface area contributed by atoms with Crippen molar-refractivity contribution in [3.05, 3.63) is 29.3 Å². The molecule has 1 amide bonds. The molecule has 1 rings (SSSR count). The summed E-state index contributed by atoms with van der Waals surface area (Å²) in [7, 11) is 0. The zero-order valence-electron chi connectivity index (χ0n) is 11.3. The third kappa shape index (κ3) is 4.91. The van der Waals surface area contributed by atoms with Gasteiger partial charge in [0.05, 0.1) is 5.25 Å². The Morgan fingerprint density at radius 1 is 1.39 bits per heavy atom. The number of carbonyl (C=O) groups is 1. The largest absolute Gasteiger partial charge is 0.350 e. The number of carbonyl (C=O) groups excluding carboxylic acids is 1. The van der Waals surface area contributed by atoms with Gasteiger partial charge in [-0.3, -0.25) is 4.79 Å². The quantitative estimate of drug-likeness (QED) is 0.825. The predicted molar refractivity (Wildman–Crippen MR) is 79.3 cm³/mol. The van der Waals surface area contributed by atoms with Crippen LogP contribution in [0.4, 0.5) is 0 Å². The Morgan fingerprint density at radius 3 is 2.44 bits per heavy atom. The Hall–Kier alpha value is -0.670. The second-order valence-electron chi connectivity index (χ2n) is 4.94. The summed E-state index contributed by atoms with van der Waals surface area (Å²) in [6.45, 7) is 8.05. The maximum absolute atomic E-state index is 12.0. The van der Waals surface area contributed by atoms with E-state index in [-0.39, 0.29) is 16.7 Å². The molecule has 4 heteroatoms. The van der Waals surface area contributed by atoms with Crippen molar-refractivity contribution in [3.63, 3.8) is 0 Å². The number of amides is 1. The van der Waals surface area contributed by atoms with E-state index in [4.69, 9.17) is 11.6 Å². The summed E-state index contributed by atoms with van der Waals surface area (Å²) in [5, 5.41) is 3.65. The van der Waals surface area contributed by atoms with Crippen molar-refractivity contribution in [2.24, 2.45) is 0 Å². The van der Waals surface area contributed by atoms with Gasteiger partial charge in [0, 0.05) is 15.5 Å². The molecule has 2 nitrogen and oxygen atoms in total. The second kappa shape index (κ2) is 6.48. The highest BCUT2D eigenvalue weighted by atomic mass is 35.5. The fourth-order valence-corrected chi connectivity index (χ4v) is 2.29. The van der Waals surface area contributed by atoms with Gasteiger partial charge in [0.2, 0.25) is 5.91 Å². The second-order valence-corrected chi connectivity index (χ2v) is 6.79. The first-order chi connectivity index (χ1) is 8.34. The van der Waals surface area contributed by atoms with Crippen molar-refractivity contribution in [2.75, 3.05) is 0 Å². The number of hydrogen-bond acceptors (Lipinski definition) is 2. The molecule has 100 valence electrons. The van der Waals surface area contributed by atoms with Gasteiger partial charge in [0.15, 0.2) is 0 Å². The maximum atomic E-state index is 12.0. The summed E-state index contributed by atoms with van der Waals surface area (Å²) in [5.41, 5.74) is -0.147. The third-order valence-electron chi connectivity index (χ3n) is 2.84. The van der Waals surface area contributed by atoms with Crippen LogP contribution in [0.2, 0.25) is 5.02 Å². The molecular formula is C14H20ClNOS. The zero-order chi connectivity index (χ0) is 13.8. The van der Waals surface area contributed by atoms with E-state index in [1.807, 2.05) is 45.0 Å². The van der Waals surface area contributed by atoms with Crippen LogP contribution >= 0.6 is 23.4 Å². The zero-order valence-corrected chi connectivity index (χ0v) is 12.9. The Kier molecular flexibility index (Phi) is 5.54. The minimum Gasteiger partial charge on any atom is -0.350 e. The molecule has 1 atom stereocenters. The van der Waals surface area contributed by atoms with Crippen LogP contribution in [0.5, 0.6) is 0 Å². The van der Waals surface area contributed by atoms with E-state index in [0.717, 1.165) is 11.3 Å². The molecule has 1 N–H and O–H groups in total. The van der Waals surface area contributed by atoms with Gasteiger partial charge in [-0.05, 0) is 51.5 Å². The molecule has 18 heavy (non-hydrogen) atoms. The summed E-state index contributed by atoms with van der Waals surface area (Å²) >= 11 is 7.37. The maximum Gasteiger partial charge on any atom is 0.233 e. The molecule has 1 aromatic carbocycles. The minimum atomic E-state index is -0.147. The highest BCUT2D eigenvalue weighted by Gasteiger charge is 2.22. The topological polar surface area (TPSA) is 29.1 Å². The van der Waals surface area contributed by atoms with Crippen molar-refractivity contribution in [3.8, 4) is 0 Å². The molecular weight excluding hydrogens is 266 g/mol. The summed E-state index contributed by atoms with van der Waals surface area (Å²) in [6, 6.07) is 7.54. The van der Waals surface area contributed by atoms with Gasteiger partial charge in [-0.2, -0.15) is 0 Å². The van der Waals surface area contributed by atoms with E-state index in [0.29, 0.717) is 5.02 Å². The van der Waals surface area contributed by atoms with Crippen molar-refractivity contribution in [1.29, 1.82) is 0 Å². The van der Waals surface area contributed by atoms with Gasteiger partial charge in [-0.1, -0.05) is 18.5 Å². The van der Waals surface area contributed by atoms with Crippen LogP contribution in [0.1, 0.15) is 34.1 Å². The van der Waals surface area contributed by atoms with Gasteiger partial charge in [-0.15, -0.1) is 11.8 Å². The smallest absolute Gasteiger partial charge is 0.233 e. The van der Waals surface area contributed by atoms with Gasteiger partial charge in [-0.25, -0.2) is 0 Å². The number of halogens is 1. The van der Waals surface area contributed by atoms with Gasteiger partial charge < -0.3 is 5.32 Å². The number of benzene rings is 1. The SMILES string of the molecule is CCC(C)(C)NC(=O)C(C)Sc1ccc(Cl)cc1. The molecule has 0 aliphatic carbocycles. The molecule has 0 aromatic heterocycles. The number of rotatable bonds is 5. The summed E-state index contributed by atoms with van der Waals surface area (Å²) < 4.78 is 0. The first-order valence-electron chi connectivity index (χ1n) is 6.08. The summed E-state index contributed by atoms with van der Waals surface area (Å²) in [4.78, 5) is 13.1. The van der Waals surface area contributed by atoms with Crippen LogP contribution in [0.15, 0.2) is 29.2 Å². The minimum absolute atomic E-state index is 0.0711. The fraction of sp³-hybridized carbons (Fsp3) is 0.500. The average molecular weight is 286 g/mol. The van der Waals surface area contributed by atoms with Crippen LogP contribution in [0, 0.1) is 0 Å². The van der Waals surface area contributed by atoms with Crippen molar-refractivity contribution >= 4 is 29.3 Å². The van der Waals surface area contributed by atoms with Crippen LogP contribution in [-0.2, 0) is 4.79 Å². The molecule has 0 aliphatic heterocycles. The normalized spacial score (nSPS) is 13.2. The molecule has 1 unspecified atom stereocenters. The highest BCUT2D eigenvalue weighted by Crippen LogP contribution is 2.25. The van der Waals surface area contributed by atoms with Gasteiger partial charge in [0.1, 0.15) is 0 Å². The Balaban J connectivity index is 2.57. The van der Waals surface area contributed by atoms with Crippen molar-refractivity contribution < 1.29 is 4.79 Å². The Morgan fingerprint density at radius 2 is 1.94 bits per heavy atom. The molecule has 0 aliphatic rings. The lowest BCUT2D eigenvalue weighted by molar-refractivity contribution is -0.121. The first-order valence-corrected chi connectivity index (χ1v) is 7.34. The Bertz CT molecular complexity index is 403. The lowest BCUT2D eigenvalue weighted by Gasteiger charge is -2.26. The predicted octanol–water partition coefficient (Wildman–Crippen LogP) is 4.13. The molecule has 0 fully saturated rings. The molecule has 0 radical (unpaired) electrons. The van der Waals surface area contributed by atoms with Crippen molar-refractivity contribution in [2.45, 2.75) is 49.8 Å². The van der Waals surface area contributed by atoms with Gasteiger partial charge in [0.25, 0.3) is 0 Å². The highest BCUT2D eigenvalue weighted by molar-refractivity contribution is 8.00. The van der Waals surface area contributed by atoms with Crippen LogP contribution in [-0.4, -0.2) is 16.7 Å². The van der Waals surface area contributed by atoms with Crippen LogP contribution < -0.4 is 5.32 Å². The van der Waals surface area contributed by atoms with E-state index in [9.17, 15) is 4.79 Å². The van der Waals surface area contributed by atoms with Crippen molar-refractivity contribution in [1.82, 2.24) is 5.32 Å². The van der Waals surface area contributed by atoms with Gasteiger partial charge >= 0.3 is 0 Å². The lowest BCUT2D eigenvalue weighted by Crippen LogP contribution is -2.46. The van der Waals surface area contributed by atoms with Crippen LogP contribution in [0.25, 0.3) is 0 Å². The first kappa shape index (κ1) is 15.4. The summed E-state index contributed by atoms with van der Waals surface area (Å²) in [6.07, 6.45) is 0.914.